The van der Waals surface area contributed by atoms with Crippen molar-refractivity contribution < 1.29 is 24.0 Å². The van der Waals surface area contributed by atoms with Crippen molar-refractivity contribution in [3.05, 3.63) is 28.1 Å². The van der Waals surface area contributed by atoms with Crippen molar-refractivity contribution in [2.75, 3.05) is 31.6 Å². The number of hydrogen-bond donors (Lipinski definition) is 1. The summed E-state index contributed by atoms with van der Waals surface area (Å²) in [5, 5.41) is 20.9. The molecule has 0 aliphatic carbocycles. The van der Waals surface area contributed by atoms with Crippen LogP contribution < -0.4 is 9.64 Å². The first-order chi connectivity index (χ1) is 11.6. The van der Waals surface area contributed by atoms with Crippen molar-refractivity contribution >= 4 is 17.5 Å². The molecular weight excluding hydrogens is 333 g/mol. The summed E-state index contributed by atoms with van der Waals surface area (Å²) in [6.07, 6.45) is -1.04. The lowest BCUT2D eigenvalue weighted by molar-refractivity contribution is -0.385. The van der Waals surface area contributed by atoms with Gasteiger partial charge in [0, 0.05) is 31.8 Å². The molecule has 2 rings (SSSR count). The molecule has 1 aliphatic rings. The van der Waals surface area contributed by atoms with Crippen molar-refractivity contribution in [3.8, 4) is 5.75 Å². The van der Waals surface area contributed by atoms with Crippen molar-refractivity contribution in [3.63, 3.8) is 0 Å². The first-order valence-electron chi connectivity index (χ1n) is 7.82. The second-order valence-electron chi connectivity index (χ2n) is 7.04. The van der Waals surface area contributed by atoms with E-state index in [1.54, 1.807) is 4.90 Å². The highest BCUT2D eigenvalue weighted by atomic mass is 19.1. The SMILES string of the molecule is COc1cc(F)cc(N2CCN(C(=O)O)C(C(C)(C)C)C2)c1[N+](=O)[O-]. The number of nitrogens with zero attached hydrogens (tertiary/aromatic N) is 3. The molecular formula is C16H22FN3O5. The second kappa shape index (κ2) is 6.73. The number of amides is 1. The van der Waals surface area contributed by atoms with Gasteiger partial charge < -0.3 is 19.6 Å². The third-order valence-corrected chi connectivity index (χ3v) is 4.39. The first kappa shape index (κ1) is 18.8. The largest absolute Gasteiger partial charge is 0.490 e. The maximum absolute atomic E-state index is 13.9. The van der Waals surface area contributed by atoms with E-state index in [1.807, 2.05) is 20.8 Å². The van der Waals surface area contributed by atoms with Crippen molar-refractivity contribution in [2.24, 2.45) is 5.41 Å². The molecule has 1 aromatic carbocycles. The normalized spacial score (nSPS) is 18.2. The monoisotopic (exact) mass is 355 g/mol. The molecule has 1 aliphatic heterocycles. The highest BCUT2D eigenvalue weighted by Crippen LogP contribution is 2.40. The van der Waals surface area contributed by atoms with Crippen LogP contribution in [-0.2, 0) is 0 Å². The molecule has 0 spiro atoms. The first-order valence-corrected chi connectivity index (χ1v) is 7.82. The number of nitro benzene ring substituents is 1. The van der Waals surface area contributed by atoms with Gasteiger partial charge in [-0.3, -0.25) is 10.1 Å². The van der Waals surface area contributed by atoms with Crippen LogP contribution in [0.1, 0.15) is 20.8 Å². The van der Waals surface area contributed by atoms with Gasteiger partial charge in [0.05, 0.1) is 18.1 Å². The Labute approximate surface area is 144 Å². The van der Waals surface area contributed by atoms with E-state index in [0.717, 1.165) is 12.1 Å². The Kier molecular flexibility index (Phi) is 5.05. The highest BCUT2D eigenvalue weighted by molar-refractivity contribution is 5.71. The lowest BCUT2D eigenvalue weighted by atomic mass is 9.84. The molecule has 138 valence electrons. The predicted octanol–water partition coefficient (Wildman–Crippen LogP) is 2.96. The predicted molar refractivity (Wildman–Crippen MR) is 89.8 cm³/mol. The number of methoxy groups -OCH3 is 1. The minimum atomic E-state index is -1.04. The molecule has 0 saturated carbocycles. The molecule has 1 fully saturated rings. The van der Waals surface area contributed by atoms with Crippen molar-refractivity contribution in [1.82, 2.24) is 4.90 Å². The molecule has 1 aromatic rings. The number of rotatable bonds is 3. The third-order valence-electron chi connectivity index (χ3n) is 4.39. The average Bonchev–Trinajstić information content (AvgIpc) is 2.52. The van der Waals surface area contributed by atoms with Crippen molar-refractivity contribution in [2.45, 2.75) is 26.8 Å². The van der Waals surface area contributed by atoms with Gasteiger partial charge in [-0.05, 0) is 5.41 Å². The van der Waals surface area contributed by atoms with Gasteiger partial charge >= 0.3 is 11.8 Å². The number of halogens is 1. The highest BCUT2D eigenvalue weighted by Gasteiger charge is 2.40. The number of anilines is 1. The Bertz CT molecular complexity index is 689. The van der Waals surface area contributed by atoms with E-state index >= 15 is 0 Å². The summed E-state index contributed by atoms with van der Waals surface area (Å²) in [6.45, 7) is 6.33. The van der Waals surface area contributed by atoms with Gasteiger partial charge in [0.1, 0.15) is 11.5 Å². The molecule has 9 heteroatoms. The maximum atomic E-state index is 13.9. The summed E-state index contributed by atoms with van der Waals surface area (Å²) in [7, 11) is 1.24. The van der Waals surface area contributed by atoms with E-state index < -0.39 is 22.9 Å². The Balaban J connectivity index is 2.48. The quantitative estimate of drug-likeness (QED) is 0.661. The van der Waals surface area contributed by atoms with E-state index in [9.17, 15) is 24.4 Å². The molecule has 1 unspecified atom stereocenters. The number of carbonyl (C=O) groups is 1. The summed E-state index contributed by atoms with van der Waals surface area (Å²) < 4.78 is 18.9. The van der Waals surface area contributed by atoms with Crippen LogP contribution >= 0.6 is 0 Å². The minimum Gasteiger partial charge on any atom is -0.490 e. The lowest BCUT2D eigenvalue weighted by Crippen LogP contribution is -2.59. The Morgan fingerprint density at radius 1 is 1.40 bits per heavy atom. The van der Waals surface area contributed by atoms with E-state index in [0.29, 0.717) is 0 Å². The molecule has 1 atom stereocenters. The summed E-state index contributed by atoms with van der Waals surface area (Å²) in [5.41, 5.74) is -0.607. The molecule has 0 bridgehead atoms. The number of nitro groups is 1. The molecule has 1 N–H and O–H groups in total. The topological polar surface area (TPSA) is 96.2 Å². The third kappa shape index (κ3) is 3.75. The molecule has 1 saturated heterocycles. The standard InChI is InChI=1S/C16H22FN3O5/c1-16(2,3)13-9-18(5-6-19(13)15(21)22)11-7-10(17)8-12(25-4)14(11)20(23)24/h7-8,13H,5-6,9H2,1-4H3,(H,21,22). The summed E-state index contributed by atoms with van der Waals surface area (Å²) in [4.78, 5) is 25.4. The van der Waals surface area contributed by atoms with Gasteiger partial charge in [-0.1, -0.05) is 20.8 Å². The average molecular weight is 355 g/mol. The number of piperazine rings is 1. The number of carboxylic acid groups (broad SMARTS) is 1. The van der Waals surface area contributed by atoms with E-state index in [1.165, 1.54) is 12.0 Å². The van der Waals surface area contributed by atoms with E-state index in [4.69, 9.17) is 4.74 Å². The fourth-order valence-corrected chi connectivity index (χ4v) is 3.11. The van der Waals surface area contributed by atoms with Gasteiger partial charge in [-0.2, -0.15) is 0 Å². The van der Waals surface area contributed by atoms with Gasteiger partial charge in [0.25, 0.3) is 0 Å². The van der Waals surface area contributed by atoms with Crippen LogP contribution in [0.3, 0.4) is 0 Å². The van der Waals surface area contributed by atoms with Crippen LogP contribution in [0.5, 0.6) is 5.75 Å². The number of benzene rings is 1. The molecule has 0 radical (unpaired) electrons. The number of hydrogen-bond acceptors (Lipinski definition) is 5. The van der Waals surface area contributed by atoms with E-state index in [2.05, 4.69) is 0 Å². The molecule has 25 heavy (non-hydrogen) atoms. The molecule has 8 nitrogen and oxygen atoms in total. The van der Waals surface area contributed by atoms with Crippen LogP contribution in [0, 0.1) is 21.3 Å². The van der Waals surface area contributed by atoms with Crippen LogP contribution in [0.2, 0.25) is 0 Å². The smallest absolute Gasteiger partial charge is 0.407 e. The van der Waals surface area contributed by atoms with Crippen LogP contribution in [0.15, 0.2) is 12.1 Å². The summed E-state index contributed by atoms with van der Waals surface area (Å²) in [5.74, 6) is -0.807. The van der Waals surface area contributed by atoms with Crippen LogP contribution in [0.4, 0.5) is 20.6 Å². The second-order valence-corrected chi connectivity index (χ2v) is 7.04. The minimum absolute atomic E-state index is 0.0983. The van der Waals surface area contributed by atoms with Gasteiger partial charge in [-0.15, -0.1) is 0 Å². The maximum Gasteiger partial charge on any atom is 0.407 e. The Hall–Kier alpha value is -2.58. The summed E-state index contributed by atoms with van der Waals surface area (Å²) >= 11 is 0. The molecule has 1 heterocycles. The summed E-state index contributed by atoms with van der Waals surface area (Å²) in [6, 6.07) is 1.67. The van der Waals surface area contributed by atoms with E-state index in [-0.39, 0.29) is 42.2 Å². The lowest BCUT2D eigenvalue weighted by Gasteiger charge is -2.46. The Morgan fingerprint density at radius 3 is 2.52 bits per heavy atom. The fraction of sp³-hybridized carbons (Fsp3) is 0.562. The zero-order chi connectivity index (χ0) is 18.9. The molecule has 0 aromatic heterocycles. The number of ether oxygens (including phenoxy) is 1. The van der Waals surface area contributed by atoms with Crippen LogP contribution in [0.25, 0.3) is 0 Å². The zero-order valence-corrected chi connectivity index (χ0v) is 14.7. The van der Waals surface area contributed by atoms with Crippen LogP contribution in [-0.4, -0.2) is 53.8 Å². The molecule has 1 amide bonds. The Morgan fingerprint density at radius 2 is 2.04 bits per heavy atom. The van der Waals surface area contributed by atoms with Crippen molar-refractivity contribution in [1.29, 1.82) is 0 Å². The van der Waals surface area contributed by atoms with Gasteiger partial charge in [0.2, 0.25) is 5.75 Å². The van der Waals surface area contributed by atoms with Gasteiger partial charge in [0.15, 0.2) is 0 Å². The fourth-order valence-electron chi connectivity index (χ4n) is 3.11. The zero-order valence-electron chi connectivity index (χ0n) is 14.7. The van der Waals surface area contributed by atoms with Gasteiger partial charge in [-0.25, -0.2) is 9.18 Å².